The quantitative estimate of drug-likeness (QED) is 0.864. The van der Waals surface area contributed by atoms with E-state index in [1.54, 1.807) is 13.0 Å². The average molecular weight is 272 g/mol. The van der Waals surface area contributed by atoms with Crippen molar-refractivity contribution in [3.63, 3.8) is 0 Å². The van der Waals surface area contributed by atoms with Crippen LogP contribution in [0.15, 0.2) is 12.1 Å². The van der Waals surface area contributed by atoms with Gasteiger partial charge in [-0.05, 0) is 25.3 Å². The molecule has 1 aromatic rings. The third-order valence-corrected chi connectivity index (χ3v) is 3.75. The molecule has 0 aromatic heterocycles. The number of nitrogens with zero attached hydrogens (tertiary/aromatic N) is 1. The van der Waals surface area contributed by atoms with E-state index >= 15 is 0 Å². The number of aliphatic hydroxyl groups is 1. The van der Waals surface area contributed by atoms with E-state index in [-0.39, 0.29) is 29.1 Å². The van der Waals surface area contributed by atoms with Gasteiger partial charge in [-0.15, -0.1) is 0 Å². The molecule has 0 saturated carbocycles. The number of nitriles is 1. The topological polar surface area (TPSA) is 56.0 Å². The molecular weight excluding hydrogens is 258 g/mol. The number of benzene rings is 1. The van der Waals surface area contributed by atoms with Crippen molar-refractivity contribution in [3.05, 3.63) is 29.3 Å². The SMILES string of the molecule is CSC(CO)C(C)Nc1c(F)cc(C#N)cc1F. The van der Waals surface area contributed by atoms with Crippen LogP contribution in [0.2, 0.25) is 0 Å². The Labute approximate surface area is 109 Å². The summed E-state index contributed by atoms with van der Waals surface area (Å²) < 4.78 is 27.2. The van der Waals surface area contributed by atoms with E-state index in [0.717, 1.165) is 12.1 Å². The van der Waals surface area contributed by atoms with Gasteiger partial charge in [-0.2, -0.15) is 17.0 Å². The number of aliphatic hydroxyl groups excluding tert-OH is 1. The number of hydrogen-bond acceptors (Lipinski definition) is 4. The van der Waals surface area contributed by atoms with Crippen LogP contribution < -0.4 is 5.32 Å². The highest BCUT2D eigenvalue weighted by Crippen LogP contribution is 2.23. The van der Waals surface area contributed by atoms with Crippen LogP contribution in [0.1, 0.15) is 12.5 Å². The summed E-state index contributed by atoms with van der Waals surface area (Å²) in [6.07, 6.45) is 1.81. The van der Waals surface area contributed by atoms with Gasteiger partial charge in [0.05, 0.1) is 18.2 Å². The maximum absolute atomic E-state index is 13.6. The van der Waals surface area contributed by atoms with Crippen molar-refractivity contribution in [1.29, 1.82) is 5.26 Å². The number of thioether (sulfide) groups is 1. The Bertz CT molecular complexity index is 435. The zero-order valence-electron chi connectivity index (χ0n) is 10.1. The minimum atomic E-state index is -0.809. The zero-order chi connectivity index (χ0) is 13.7. The standard InChI is InChI=1S/C12H14F2N2OS/c1-7(11(6-17)18-2)16-12-9(13)3-8(5-15)4-10(12)14/h3-4,7,11,16-17H,6H2,1-2H3. The van der Waals surface area contributed by atoms with Gasteiger partial charge in [-0.1, -0.05) is 0 Å². The summed E-state index contributed by atoms with van der Waals surface area (Å²) >= 11 is 1.41. The Balaban J connectivity index is 2.95. The molecule has 0 fully saturated rings. The Kier molecular flexibility index (Phi) is 5.38. The minimum absolute atomic E-state index is 0.0632. The van der Waals surface area contributed by atoms with Gasteiger partial charge in [0.25, 0.3) is 0 Å². The molecule has 2 unspecified atom stereocenters. The first-order valence-electron chi connectivity index (χ1n) is 5.32. The highest BCUT2D eigenvalue weighted by molar-refractivity contribution is 7.99. The van der Waals surface area contributed by atoms with Gasteiger partial charge in [0.1, 0.15) is 5.69 Å². The molecular formula is C12H14F2N2OS. The maximum Gasteiger partial charge on any atom is 0.150 e. The van der Waals surface area contributed by atoms with Crippen LogP contribution in [0.3, 0.4) is 0 Å². The summed E-state index contributed by atoms with van der Waals surface area (Å²) in [6, 6.07) is 3.33. The number of rotatable bonds is 5. The summed E-state index contributed by atoms with van der Waals surface area (Å²) in [6.45, 7) is 1.64. The van der Waals surface area contributed by atoms with Gasteiger partial charge < -0.3 is 10.4 Å². The number of anilines is 1. The average Bonchev–Trinajstić information content (AvgIpc) is 2.35. The smallest absolute Gasteiger partial charge is 0.150 e. The van der Waals surface area contributed by atoms with E-state index < -0.39 is 11.6 Å². The fourth-order valence-corrected chi connectivity index (χ4v) is 2.16. The van der Waals surface area contributed by atoms with Crippen molar-refractivity contribution >= 4 is 17.4 Å². The molecule has 1 rings (SSSR count). The molecule has 2 atom stereocenters. The second kappa shape index (κ2) is 6.57. The van der Waals surface area contributed by atoms with Gasteiger partial charge in [0, 0.05) is 11.3 Å². The Morgan fingerprint density at radius 3 is 2.39 bits per heavy atom. The van der Waals surface area contributed by atoms with Crippen LogP contribution >= 0.6 is 11.8 Å². The predicted octanol–water partition coefficient (Wildman–Crippen LogP) is 2.36. The third kappa shape index (κ3) is 3.34. The summed E-state index contributed by atoms with van der Waals surface area (Å²) in [5, 5.41) is 20.2. The molecule has 0 aliphatic carbocycles. The second-order valence-electron chi connectivity index (χ2n) is 3.82. The van der Waals surface area contributed by atoms with Crippen molar-refractivity contribution in [2.75, 3.05) is 18.2 Å². The number of hydrogen-bond donors (Lipinski definition) is 2. The van der Waals surface area contributed by atoms with Gasteiger partial charge >= 0.3 is 0 Å². The molecule has 6 heteroatoms. The first-order chi connectivity index (χ1) is 8.53. The van der Waals surface area contributed by atoms with E-state index in [1.807, 2.05) is 6.26 Å². The molecule has 0 saturated heterocycles. The largest absolute Gasteiger partial charge is 0.395 e. The molecule has 0 aliphatic rings. The van der Waals surface area contributed by atoms with Crippen molar-refractivity contribution in [2.24, 2.45) is 0 Å². The molecule has 0 bridgehead atoms. The van der Waals surface area contributed by atoms with Crippen LogP contribution in [-0.2, 0) is 0 Å². The highest BCUT2D eigenvalue weighted by Gasteiger charge is 2.19. The zero-order valence-corrected chi connectivity index (χ0v) is 10.9. The van der Waals surface area contributed by atoms with Gasteiger partial charge in [-0.3, -0.25) is 0 Å². The normalized spacial score (nSPS) is 13.8. The van der Waals surface area contributed by atoms with Crippen LogP contribution in [0.5, 0.6) is 0 Å². The minimum Gasteiger partial charge on any atom is -0.395 e. The fraction of sp³-hybridized carbons (Fsp3) is 0.417. The van der Waals surface area contributed by atoms with Crippen molar-refractivity contribution in [3.8, 4) is 6.07 Å². The van der Waals surface area contributed by atoms with Gasteiger partial charge in [0.15, 0.2) is 11.6 Å². The molecule has 2 N–H and O–H groups in total. The van der Waals surface area contributed by atoms with Crippen LogP contribution in [0.25, 0.3) is 0 Å². The third-order valence-electron chi connectivity index (χ3n) is 2.58. The molecule has 0 spiro atoms. The summed E-state index contributed by atoms with van der Waals surface area (Å²) in [5.74, 6) is -1.62. The molecule has 0 amide bonds. The summed E-state index contributed by atoms with van der Waals surface area (Å²) in [7, 11) is 0. The Morgan fingerprint density at radius 1 is 1.44 bits per heavy atom. The molecule has 98 valence electrons. The Morgan fingerprint density at radius 2 is 2.00 bits per heavy atom. The van der Waals surface area contributed by atoms with E-state index in [2.05, 4.69) is 5.32 Å². The van der Waals surface area contributed by atoms with Gasteiger partial charge in [0.2, 0.25) is 0 Å². The van der Waals surface area contributed by atoms with Crippen LogP contribution in [-0.4, -0.2) is 29.3 Å². The molecule has 1 aromatic carbocycles. The lowest BCUT2D eigenvalue weighted by molar-refractivity contribution is 0.288. The highest BCUT2D eigenvalue weighted by atomic mass is 32.2. The molecule has 0 heterocycles. The van der Waals surface area contributed by atoms with Crippen molar-refractivity contribution < 1.29 is 13.9 Å². The Hall–Kier alpha value is -1.32. The number of nitrogens with one attached hydrogen (secondary N) is 1. The summed E-state index contributed by atoms with van der Waals surface area (Å²) in [4.78, 5) is 0. The predicted molar refractivity (Wildman–Crippen MR) is 68.5 cm³/mol. The lowest BCUT2D eigenvalue weighted by Gasteiger charge is -2.23. The number of halogens is 2. The fourth-order valence-electron chi connectivity index (χ4n) is 1.53. The molecule has 3 nitrogen and oxygen atoms in total. The van der Waals surface area contributed by atoms with Crippen LogP contribution in [0.4, 0.5) is 14.5 Å². The van der Waals surface area contributed by atoms with Crippen molar-refractivity contribution in [1.82, 2.24) is 0 Å². The van der Waals surface area contributed by atoms with E-state index in [0.29, 0.717) is 0 Å². The summed E-state index contributed by atoms with van der Waals surface area (Å²) in [5.41, 5.74) is -0.333. The first kappa shape index (κ1) is 14.7. The second-order valence-corrected chi connectivity index (χ2v) is 4.89. The lowest BCUT2D eigenvalue weighted by Crippen LogP contribution is -2.31. The van der Waals surface area contributed by atoms with Gasteiger partial charge in [-0.25, -0.2) is 8.78 Å². The maximum atomic E-state index is 13.6. The van der Waals surface area contributed by atoms with Crippen molar-refractivity contribution in [2.45, 2.75) is 18.2 Å². The lowest BCUT2D eigenvalue weighted by atomic mass is 10.1. The van der Waals surface area contributed by atoms with E-state index in [1.165, 1.54) is 11.8 Å². The molecule has 0 radical (unpaired) electrons. The van der Waals surface area contributed by atoms with E-state index in [9.17, 15) is 8.78 Å². The molecule has 18 heavy (non-hydrogen) atoms. The monoisotopic (exact) mass is 272 g/mol. The molecule has 0 aliphatic heterocycles. The first-order valence-corrected chi connectivity index (χ1v) is 6.61. The van der Waals surface area contributed by atoms with E-state index in [4.69, 9.17) is 10.4 Å². The van der Waals surface area contributed by atoms with Crippen LogP contribution in [0, 0.1) is 23.0 Å².